The molecule has 0 aromatic rings. The molecule has 0 spiro atoms. The van der Waals surface area contributed by atoms with Gasteiger partial charge in [-0.25, -0.2) is 0 Å². The molecule has 1 aliphatic carbocycles. The minimum Gasteiger partial charge on any atom is -0.319 e. The summed E-state index contributed by atoms with van der Waals surface area (Å²) >= 11 is 0. The Morgan fingerprint density at radius 2 is 1.88 bits per heavy atom. The molecule has 0 amide bonds. The molecule has 0 aromatic heterocycles. The monoisotopic (exact) mass is 238 g/mol. The average molecular weight is 238 g/mol. The molecule has 1 unspecified atom stereocenters. The van der Waals surface area contributed by atoms with Gasteiger partial charge < -0.3 is 10.2 Å². The number of rotatable bonds is 4. The Hall–Kier alpha value is -0.0800. The first kappa shape index (κ1) is 13.4. The fourth-order valence-electron chi connectivity index (χ4n) is 3.89. The average Bonchev–Trinajstić information content (AvgIpc) is 2.57. The molecule has 2 rings (SSSR count). The van der Waals surface area contributed by atoms with Gasteiger partial charge in [0.15, 0.2) is 0 Å². The lowest BCUT2D eigenvalue weighted by Crippen LogP contribution is -2.42. The Labute approximate surface area is 107 Å². The van der Waals surface area contributed by atoms with Gasteiger partial charge in [-0.2, -0.15) is 0 Å². The van der Waals surface area contributed by atoms with E-state index in [1.165, 1.54) is 71.1 Å². The standard InChI is InChI=1S/C15H30N2/c1-14-7-10-17(11-14)13-15(12-16-2)8-5-3-4-6-9-15/h14,16H,3-13H2,1-2H3. The third-order valence-electron chi connectivity index (χ3n) is 4.78. The number of hydrogen-bond acceptors (Lipinski definition) is 2. The summed E-state index contributed by atoms with van der Waals surface area (Å²) in [6.07, 6.45) is 10.1. The zero-order valence-electron chi connectivity index (χ0n) is 11.8. The fraction of sp³-hybridized carbons (Fsp3) is 1.00. The third-order valence-corrected chi connectivity index (χ3v) is 4.78. The SMILES string of the molecule is CNCC1(CN2CCC(C)C2)CCCCCC1. The molecule has 1 saturated carbocycles. The summed E-state index contributed by atoms with van der Waals surface area (Å²) in [5, 5.41) is 3.46. The summed E-state index contributed by atoms with van der Waals surface area (Å²) in [7, 11) is 2.12. The van der Waals surface area contributed by atoms with Crippen LogP contribution in [-0.2, 0) is 0 Å². The van der Waals surface area contributed by atoms with Crippen molar-refractivity contribution in [2.45, 2.75) is 51.9 Å². The molecular formula is C15H30N2. The van der Waals surface area contributed by atoms with Crippen LogP contribution in [0.1, 0.15) is 51.9 Å². The quantitative estimate of drug-likeness (QED) is 0.758. The molecule has 2 fully saturated rings. The number of nitrogens with zero attached hydrogens (tertiary/aromatic N) is 1. The van der Waals surface area contributed by atoms with Crippen LogP contribution in [0.3, 0.4) is 0 Å². The van der Waals surface area contributed by atoms with E-state index in [1.807, 2.05) is 0 Å². The summed E-state index contributed by atoms with van der Waals surface area (Å²) in [6, 6.07) is 0. The maximum Gasteiger partial charge on any atom is 0.00503 e. The Bertz CT molecular complexity index is 219. The molecule has 2 aliphatic rings. The van der Waals surface area contributed by atoms with Crippen molar-refractivity contribution in [1.29, 1.82) is 0 Å². The molecule has 1 aliphatic heterocycles. The topological polar surface area (TPSA) is 15.3 Å². The van der Waals surface area contributed by atoms with Gasteiger partial charge in [0.05, 0.1) is 0 Å². The van der Waals surface area contributed by atoms with E-state index in [1.54, 1.807) is 0 Å². The summed E-state index contributed by atoms with van der Waals surface area (Å²) in [5.41, 5.74) is 0.579. The van der Waals surface area contributed by atoms with Crippen LogP contribution in [0.4, 0.5) is 0 Å². The van der Waals surface area contributed by atoms with E-state index >= 15 is 0 Å². The highest BCUT2D eigenvalue weighted by Gasteiger charge is 2.33. The molecule has 0 bridgehead atoms. The highest BCUT2D eigenvalue weighted by molar-refractivity contribution is 4.88. The van der Waals surface area contributed by atoms with Gasteiger partial charge in [0, 0.05) is 19.6 Å². The second-order valence-corrected chi connectivity index (χ2v) is 6.57. The molecule has 1 N–H and O–H groups in total. The highest BCUT2D eigenvalue weighted by Crippen LogP contribution is 2.36. The predicted octanol–water partition coefficient (Wildman–Crippen LogP) is 2.89. The summed E-state index contributed by atoms with van der Waals surface area (Å²) in [4.78, 5) is 2.73. The Morgan fingerprint density at radius 3 is 2.41 bits per heavy atom. The van der Waals surface area contributed by atoms with Crippen LogP contribution in [0.15, 0.2) is 0 Å². The first-order valence-electron chi connectivity index (χ1n) is 7.61. The number of likely N-dealkylation sites (tertiary alicyclic amines) is 1. The molecule has 0 radical (unpaired) electrons. The minimum absolute atomic E-state index is 0.579. The fourth-order valence-corrected chi connectivity index (χ4v) is 3.89. The summed E-state index contributed by atoms with van der Waals surface area (Å²) < 4.78 is 0. The molecule has 1 atom stereocenters. The van der Waals surface area contributed by atoms with Gasteiger partial charge >= 0.3 is 0 Å². The van der Waals surface area contributed by atoms with E-state index in [4.69, 9.17) is 0 Å². The van der Waals surface area contributed by atoms with E-state index < -0.39 is 0 Å². The van der Waals surface area contributed by atoms with E-state index in [2.05, 4.69) is 24.2 Å². The van der Waals surface area contributed by atoms with E-state index in [9.17, 15) is 0 Å². The first-order chi connectivity index (χ1) is 8.24. The summed E-state index contributed by atoms with van der Waals surface area (Å²) in [6.45, 7) is 7.64. The molecule has 17 heavy (non-hydrogen) atoms. The van der Waals surface area contributed by atoms with E-state index in [-0.39, 0.29) is 0 Å². The molecule has 2 heteroatoms. The Kier molecular flexibility index (Phi) is 4.87. The Morgan fingerprint density at radius 1 is 1.18 bits per heavy atom. The van der Waals surface area contributed by atoms with Gasteiger partial charge in [0.2, 0.25) is 0 Å². The second-order valence-electron chi connectivity index (χ2n) is 6.57. The third kappa shape index (κ3) is 3.69. The molecule has 2 nitrogen and oxygen atoms in total. The predicted molar refractivity (Wildman–Crippen MR) is 74.3 cm³/mol. The largest absolute Gasteiger partial charge is 0.319 e. The number of hydrogen-bond donors (Lipinski definition) is 1. The van der Waals surface area contributed by atoms with Gasteiger partial charge in [0.1, 0.15) is 0 Å². The van der Waals surface area contributed by atoms with Gasteiger partial charge in [-0.3, -0.25) is 0 Å². The maximum absolute atomic E-state index is 3.46. The van der Waals surface area contributed by atoms with Crippen molar-refractivity contribution in [3.63, 3.8) is 0 Å². The van der Waals surface area contributed by atoms with Crippen LogP contribution in [0.5, 0.6) is 0 Å². The van der Waals surface area contributed by atoms with Crippen molar-refractivity contribution < 1.29 is 0 Å². The Balaban J connectivity index is 1.94. The van der Waals surface area contributed by atoms with Crippen LogP contribution in [0, 0.1) is 11.3 Å². The minimum atomic E-state index is 0.579. The normalized spacial score (nSPS) is 30.4. The van der Waals surface area contributed by atoms with Crippen LogP contribution >= 0.6 is 0 Å². The molecule has 0 aromatic carbocycles. The molecule has 1 heterocycles. The van der Waals surface area contributed by atoms with E-state index in [0.29, 0.717) is 5.41 Å². The van der Waals surface area contributed by atoms with Crippen molar-refractivity contribution >= 4 is 0 Å². The highest BCUT2D eigenvalue weighted by atomic mass is 15.2. The lowest BCUT2D eigenvalue weighted by molar-refractivity contribution is 0.145. The van der Waals surface area contributed by atoms with Crippen molar-refractivity contribution in [3.8, 4) is 0 Å². The first-order valence-corrected chi connectivity index (χ1v) is 7.61. The zero-order valence-corrected chi connectivity index (χ0v) is 11.8. The van der Waals surface area contributed by atoms with Gasteiger partial charge in [0.25, 0.3) is 0 Å². The second kappa shape index (κ2) is 6.19. The van der Waals surface area contributed by atoms with Crippen molar-refractivity contribution in [1.82, 2.24) is 10.2 Å². The smallest absolute Gasteiger partial charge is 0.00503 e. The van der Waals surface area contributed by atoms with Crippen molar-refractivity contribution in [3.05, 3.63) is 0 Å². The van der Waals surface area contributed by atoms with E-state index in [0.717, 1.165) is 5.92 Å². The van der Waals surface area contributed by atoms with Crippen molar-refractivity contribution in [2.24, 2.45) is 11.3 Å². The van der Waals surface area contributed by atoms with Crippen LogP contribution in [-0.4, -0.2) is 38.1 Å². The molecular weight excluding hydrogens is 208 g/mol. The molecule has 1 saturated heterocycles. The lowest BCUT2D eigenvalue weighted by Gasteiger charge is -2.36. The van der Waals surface area contributed by atoms with Crippen LogP contribution in [0.25, 0.3) is 0 Å². The zero-order chi connectivity index (χ0) is 12.1. The summed E-state index contributed by atoms with van der Waals surface area (Å²) in [5.74, 6) is 0.924. The van der Waals surface area contributed by atoms with Gasteiger partial charge in [-0.15, -0.1) is 0 Å². The molecule has 100 valence electrons. The maximum atomic E-state index is 3.46. The van der Waals surface area contributed by atoms with Gasteiger partial charge in [-0.05, 0) is 44.2 Å². The van der Waals surface area contributed by atoms with Crippen molar-refractivity contribution in [2.75, 3.05) is 33.2 Å². The lowest BCUT2D eigenvalue weighted by atomic mass is 9.79. The van der Waals surface area contributed by atoms with Crippen LogP contribution in [0.2, 0.25) is 0 Å². The number of nitrogens with one attached hydrogen (secondary N) is 1. The van der Waals surface area contributed by atoms with Gasteiger partial charge in [-0.1, -0.05) is 32.6 Å². The van der Waals surface area contributed by atoms with Crippen LogP contribution < -0.4 is 5.32 Å².